The van der Waals surface area contributed by atoms with E-state index in [1.54, 1.807) is 12.1 Å². The van der Waals surface area contributed by atoms with Crippen molar-refractivity contribution >= 4 is 21.5 Å². The lowest BCUT2D eigenvalue weighted by Gasteiger charge is -2.31. The normalized spacial score (nSPS) is 16.0. The monoisotopic (exact) mass is 368 g/mol. The fourth-order valence-corrected chi connectivity index (χ4v) is 3.77. The van der Waals surface area contributed by atoms with E-state index in [4.69, 9.17) is 5.73 Å². The van der Waals surface area contributed by atoms with Crippen LogP contribution in [0.3, 0.4) is 0 Å². The van der Waals surface area contributed by atoms with Gasteiger partial charge in [0.15, 0.2) is 0 Å². The molecule has 0 spiro atoms. The number of hydrogen-bond donors (Lipinski definition) is 2. The summed E-state index contributed by atoms with van der Waals surface area (Å²) in [5.41, 5.74) is 6.06. The molecule has 25 heavy (non-hydrogen) atoms. The maximum absolute atomic E-state index is 13.7. The smallest absolute Gasteiger partial charge is 0.264 e. The third kappa shape index (κ3) is 4.05. The molecule has 3 N–H and O–H groups in total. The number of halogens is 2. The van der Waals surface area contributed by atoms with E-state index in [9.17, 15) is 17.2 Å². The Morgan fingerprint density at radius 2 is 1.88 bits per heavy atom. The van der Waals surface area contributed by atoms with Gasteiger partial charge in [0, 0.05) is 25.2 Å². The maximum Gasteiger partial charge on any atom is 0.264 e. The predicted octanol–water partition coefficient (Wildman–Crippen LogP) is 2.09. The first-order chi connectivity index (χ1) is 11.8. The largest absolute Gasteiger partial charge is 0.357 e. The highest BCUT2D eigenvalue weighted by Gasteiger charge is 2.21. The number of nitrogens with zero attached hydrogens (tertiary/aromatic N) is 2. The van der Waals surface area contributed by atoms with Crippen molar-refractivity contribution in [2.45, 2.75) is 23.8 Å². The Hall–Kier alpha value is -2.26. The van der Waals surface area contributed by atoms with Crippen molar-refractivity contribution in [2.75, 3.05) is 22.7 Å². The van der Waals surface area contributed by atoms with Gasteiger partial charge in [-0.15, -0.1) is 0 Å². The minimum absolute atomic E-state index is 0.196. The fourth-order valence-electron chi connectivity index (χ4n) is 2.67. The van der Waals surface area contributed by atoms with Crippen LogP contribution < -0.4 is 15.4 Å². The SMILES string of the molecule is NC1CCN(c2ccc(NS(=O)(=O)c3ccc(F)cc3F)cn2)CC1. The number of pyridine rings is 1. The van der Waals surface area contributed by atoms with Crippen LogP contribution in [-0.2, 0) is 10.0 Å². The highest BCUT2D eigenvalue weighted by Crippen LogP contribution is 2.22. The van der Waals surface area contributed by atoms with E-state index in [0.29, 0.717) is 6.07 Å². The molecule has 0 radical (unpaired) electrons. The first-order valence-corrected chi connectivity index (χ1v) is 9.28. The quantitative estimate of drug-likeness (QED) is 0.863. The molecule has 1 aromatic carbocycles. The average Bonchev–Trinajstić information content (AvgIpc) is 2.55. The number of hydrogen-bond acceptors (Lipinski definition) is 5. The van der Waals surface area contributed by atoms with Crippen molar-refractivity contribution in [3.8, 4) is 0 Å². The molecule has 2 heterocycles. The average molecular weight is 368 g/mol. The van der Waals surface area contributed by atoms with Crippen LogP contribution in [0, 0.1) is 11.6 Å². The van der Waals surface area contributed by atoms with Gasteiger partial charge in [-0.05, 0) is 37.1 Å². The molecule has 0 bridgehead atoms. The zero-order chi connectivity index (χ0) is 18.0. The fraction of sp³-hybridized carbons (Fsp3) is 0.312. The van der Waals surface area contributed by atoms with Gasteiger partial charge < -0.3 is 10.6 Å². The van der Waals surface area contributed by atoms with E-state index in [0.717, 1.165) is 43.9 Å². The van der Waals surface area contributed by atoms with E-state index in [1.807, 2.05) is 0 Å². The van der Waals surface area contributed by atoms with Gasteiger partial charge in [-0.3, -0.25) is 4.72 Å². The van der Waals surface area contributed by atoms with E-state index in [2.05, 4.69) is 14.6 Å². The number of anilines is 2. The van der Waals surface area contributed by atoms with Crippen LogP contribution in [0.1, 0.15) is 12.8 Å². The summed E-state index contributed by atoms with van der Waals surface area (Å²) < 4.78 is 53.3. The summed E-state index contributed by atoms with van der Waals surface area (Å²) in [5, 5.41) is 0. The third-order valence-electron chi connectivity index (χ3n) is 4.05. The summed E-state index contributed by atoms with van der Waals surface area (Å²) in [6.07, 6.45) is 3.11. The number of benzene rings is 1. The van der Waals surface area contributed by atoms with Crippen molar-refractivity contribution in [3.63, 3.8) is 0 Å². The molecule has 6 nitrogen and oxygen atoms in total. The van der Waals surface area contributed by atoms with Crippen LogP contribution in [0.5, 0.6) is 0 Å². The van der Waals surface area contributed by atoms with Gasteiger partial charge in [-0.25, -0.2) is 22.2 Å². The summed E-state index contributed by atoms with van der Waals surface area (Å²) in [5.74, 6) is -1.27. The van der Waals surface area contributed by atoms with Crippen molar-refractivity contribution in [1.82, 2.24) is 4.98 Å². The Labute approximate surface area is 144 Å². The van der Waals surface area contributed by atoms with Crippen LogP contribution in [0.2, 0.25) is 0 Å². The highest BCUT2D eigenvalue weighted by molar-refractivity contribution is 7.92. The van der Waals surface area contributed by atoms with Crippen LogP contribution in [0.25, 0.3) is 0 Å². The van der Waals surface area contributed by atoms with E-state index < -0.39 is 26.6 Å². The summed E-state index contributed by atoms with van der Waals surface area (Å²) in [6.45, 7) is 1.58. The molecular formula is C16H18F2N4O2S. The molecule has 1 aromatic heterocycles. The summed E-state index contributed by atoms with van der Waals surface area (Å²) >= 11 is 0. The second-order valence-electron chi connectivity index (χ2n) is 5.91. The van der Waals surface area contributed by atoms with Crippen molar-refractivity contribution in [2.24, 2.45) is 5.73 Å². The van der Waals surface area contributed by atoms with Gasteiger partial charge in [0.1, 0.15) is 22.3 Å². The topological polar surface area (TPSA) is 88.3 Å². The lowest BCUT2D eigenvalue weighted by molar-refractivity contribution is 0.498. The van der Waals surface area contributed by atoms with E-state index >= 15 is 0 Å². The number of sulfonamides is 1. The zero-order valence-corrected chi connectivity index (χ0v) is 14.1. The van der Waals surface area contributed by atoms with Crippen molar-refractivity contribution in [1.29, 1.82) is 0 Å². The molecule has 9 heteroatoms. The number of piperidine rings is 1. The highest BCUT2D eigenvalue weighted by atomic mass is 32.2. The Morgan fingerprint density at radius 3 is 2.48 bits per heavy atom. The molecule has 2 aromatic rings. The van der Waals surface area contributed by atoms with Crippen LogP contribution in [0.15, 0.2) is 41.4 Å². The molecule has 1 fully saturated rings. The molecule has 0 unspecified atom stereocenters. The molecule has 134 valence electrons. The molecular weight excluding hydrogens is 350 g/mol. The Bertz CT molecular complexity index is 851. The Kier molecular flexibility index (Phi) is 4.87. The lowest BCUT2D eigenvalue weighted by atomic mass is 10.1. The minimum Gasteiger partial charge on any atom is -0.357 e. The van der Waals surface area contributed by atoms with E-state index in [1.165, 1.54) is 6.20 Å². The van der Waals surface area contributed by atoms with Crippen molar-refractivity contribution in [3.05, 3.63) is 48.2 Å². The summed E-state index contributed by atoms with van der Waals surface area (Å²) in [4.78, 5) is 5.69. The first-order valence-electron chi connectivity index (χ1n) is 7.79. The number of rotatable bonds is 4. The Balaban J connectivity index is 1.74. The molecule has 3 rings (SSSR count). The standard InChI is InChI=1S/C16H18F2N4O2S/c17-11-1-3-15(14(18)9-11)25(23,24)21-13-2-4-16(20-10-13)22-7-5-12(19)6-8-22/h1-4,9-10,12,21H,5-8,19H2. The number of nitrogens with one attached hydrogen (secondary N) is 1. The molecule has 1 aliphatic rings. The van der Waals surface area contributed by atoms with Crippen LogP contribution in [0.4, 0.5) is 20.3 Å². The molecule has 0 aliphatic carbocycles. The van der Waals surface area contributed by atoms with Crippen LogP contribution >= 0.6 is 0 Å². The van der Waals surface area contributed by atoms with E-state index in [-0.39, 0.29) is 11.7 Å². The third-order valence-corrected chi connectivity index (χ3v) is 5.46. The Morgan fingerprint density at radius 1 is 1.16 bits per heavy atom. The van der Waals surface area contributed by atoms with Gasteiger partial charge in [0.25, 0.3) is 10.0 Å². The predicted molar refractivity (Wildman–Crippen MR) is 90.8 cm³/mol. The molecule has 0 amide bonds. The zero-order valence-electron chi connectivity index (χ0n) is 13.3. The second-order valence-corrected chi connectivity index (χ2v) is 7.56. The van der Waals surface area contributed by atoms with Gasteiger partial charge in [0.05, 0.1) is 11.9 Å². The molecule has 0 atom stereocenters. The van der Waals surface area contributed by atoms with Gasteiger partial charge >= 0.3 is 0 Å². The first kappa shape index (κ1) is 17.6. The van der Waals surface area contributed by atoms with Crippen LogP contribution in [-0.4, -0.2) is 32.5 Å². The minimum atomic E-state index is -4.17. The van der Waals surface area contributed by atoms with Crippen molar-refractivity contribution < 1.29 is 17.2 Å². The summed E-state index contributed by atoms with van der Waals surface area (Å²) in [7, 11) is -4.17. The molecule has 1 aliphatic heterocycles. The van der Waals surface area contributed by atoms with Gasteiger partial charge in [-0.2, -0.15) is 0 Å². The number of aromatic nitrogens is 1. The number of nitrogens with two attached hydrogens (primary N) is 1. The molecule has 1 saturated heterocycles. The van der Waals surface area contributed by atoms with Gasteiger partial charge in [0.2, 0.25) is 0 Å². The second kappa shape index (κ2) is 6.93. The summed E-state index contributed by atoms with van der Waals surface area (Å²) in [6, 6.07) is 5.74. The van der Waals surface area contributed by atoms with Gasteiger partial charge in [-0.1, -0.05) is 0 Å². The lowest BCUT2D eigenvalue weighted by Crippen LogP contribution is -2.40. The molecule has 0 saturated carbocycles. The maximum atomic E-state index is 13.7.